The Morgan fingerprint density at radius 3 is 2.85 bits per heavy atom. The maximum atomic E-state index is 13.9. The number of hydrogen-bond donors (Lipinski definition) is 1. The molecule has 0 spiro atoms. The van der Waals surface area contributed by atoms with Crippen LogP contribution in [0.3, 0.4) is 0 Å². The number of tetrazole rings is 1. The minimum atomic E-state index is -0.451. The molecule has 0 aliphatic rings. The van der Waals surface area contributed by atoms with Crippen molar-refractivity contribution in [1.29, 1.82) is 0 Å². The average Bonchev–Trinajstić information content (AvgIpc) is 3.14. The lowest BCUT2D eigenvalue weighted by molar-refractivity contribution is 0.220. The van der Waals surface area contributed by atoms with Crippen LogP contribution in [0.2, 0.25) is 5.02 Å². The summed E-state index contributed by atoms with van der Waals surface area (Å²) >= 11 is 6.01. The quantitative estimate of drug-likeness (QED) is 0.759. The third-order valence-corrected chi connectivity index (χ3v) is 4.21. The molecule has 7 nitrogen and oxygen atoms in total. The van der Waals surface area contributed by atoms with Crippen LogP contribution >= 0.6 is 11.6 Å². The van der Waals surface area contributed by atoms with Crippen LogP contribution < -0.4 is 5.32 Å². The van der Waals surface area contributed by atoms with Gasteiger partial charge in [-0.05, 0) is 47.2 Å². The van der Waals surface area contributed by atoms with Crippen LogP contribution in [0.4, 0.5) is 14.9 Å². The van der Waals surface area contributed by atoms with E-state index in [4.69, 9.17) is 11.6 Å². The van der Waals surface area contributed by atoms with E-state index < -0.39 is 11.8 Å². The number of aromatic nitrogens is 4. The highest BCUT2D eigenvalue weighted by Crippen LogP contribution is 2.22. The van der Waals surface area contributed by atoms with Gasteiger partial charge < -0.3 is 10.2 Å². The number of halogens is 2. The summed E-state index contributed by atoms with van der Waals surface area (Å²) in [5.74, 6) is -0.451. The van der Waals surface area contributed by atoms with Crippen molar-refractivity contribution in [2.24, 2.45) is 0 Å². The summed E-state index contributed by atoms with van der Waals surface area (Å²) in [5.41, 5.74) is 2.53. The Morgan fingerprint density at radius 2 is 2.15 bits per heavy atom. The van der Waals surface area contributed by atoms with Crippen molar-refractivity contribution in [2.45, 2.75) is 13.5 Å². The molecule has 134 valence electrons. The Hall–Kier alpha value is -3.00. The van der Waals surface area contributed by atoms with Crippen molar-refractivity contribution in [1.82, 2.24) is 25.1 Å². The van der Waals surface area contributed by atoms with Gasteiger partial charge in [0, 0.05) is 23.3 Å². The molecule has 0 aliphatic carbocycles. The molecule has 0 saturated carbocycles. The summed E-state index contributed by atoms with van der Waals surface area (Å²) in [4.78, 5) is 13.8. The zero-order valence-corrected chi connectivity index (χ0v) is 14.9. The third kappa shape index (κ3) is 3.80. The van der Waals surface area contributed by atoms with Gasteiger partial charge in [0.05, 0.1) is 12.2 Å². The molecule has 1 heterocycles. The molecule has 2 amide bonds. The van der Waals surface area contributed by atoms with Gasteiger partial charge in [-0.1, -0.05) is 23.7 Å². The first-order chi connectivity index (χ1) is 12.5. The number of carbonyl (C=O) groups excluding carboxylic acids is 1. The van der Waals surface area contributed by atoms with Crippen molar-refractivity contribution in [3.8, 4) is 5.69 Å². The molecule has 3 aromatic rings. The van der Waals surface area contributed by atoms with Crippen molar-refractivity contribution in [3.05, 3.63) is 64.7 Å². The average molecular weight is 375 g/mol. The van der Waals surface area contributed by atoms with E-state index in [2.05, 4.69) is 20.8 Å². The van der Waals surface area contributed by atoms with Crippen LogP contribution in [0.25, 0.3) is 5.69 Å². The number of anilines is 1. The fourth-order valence-corrected chi connectivity index (χ4v) is 2.64. The van der Waals surface area contributed by atoms with Crippen molar-refractivity contribution < 1.29 is 9.18 Å². The van der Waals surface area contributed by atoms with E-state index in [0.29, 0.717) is 5.69 Å². The second-order valence-electron chi connectivity index (χ2n) is 5.74. The molecule has 0 bridgehead atoms. The molecule has 0 saturated heterocycles. The second-order valence-corrected chi connectivity index (χ2v) is 6.15. The Bertz CT molecular complexity index is 911. The molecule has 26 heavy (non-hydrogen) atoms. The number of aryl methyl sites for hydroxylation is 1. The number of hydrogen-bond acceptors (Lipinski definition) is 4. The Labute approximate surface area is 154 Å². The van der Waals surface area contributed by atoms with Gasteiger partial charge in [-0.25, -0.2) is 13.9 Å². The van der Waals surface area contributed by atoms with Crippen LogP contribution in [0.1, 0.15) is 11.1 Å². The fourth-order valence-electron chi connectivity index (χ4n) is 2.42. The molecule has 0 radical (unpaired) electrons. The number of amides is 2. The summed E-state index contributed by atoms with van der Waals surface area (Å²) in [6.07, 6.45) is 1.47. The topological polar surface area (TPSA) is 75.9 Å². The standard InChI is InChI=1S/C17H16ClFN6O/c1-11-6-7-12(8-16(11)25-10-20-22-23-25)21-17(26)24(2)9-13-14(18)4-3-5-15(13)19/h3-8,10H,9H2,1-2H3,(H,21,26). The van der Waals surface area contributed by atoms with Gasteiger partial charge in [-0.2, -0.15) is 0 Å². The van der Waals surface area contributed by atoms with Gasteiger partial charge in [0.15, 0.2) is 0 Å². The van der Waals surface area contributed by atoms with Gasteiger partial charge >= 0.3 is 6.03 Å². The monoisotopic (exact) mass is 374 g/mol. The zero-order valence-electron chi connectivity index (χ0n) is 14.1. The van der Waals surface area contributed by atoms with E-state index in [1.165, 1.54) is 28.0 Å². The summed E-state index contributed by atoms with van der Waals surface area (Å²) in [6.45, 7) is 1.96. The molecule has 0 atom stereocenters. The molecule has 9 heteroatoms. The van der Waals surface area contributed by atoms with E-state index in [1.807, 2.05) is 13.0 Å². The van der Waals surface area contributed by atoms with E-state index in [-0.39, 0.29) is 17.1 Å². The summed E-state index contributed by atoms with van der Waals surface area (Å²) in [5, 5.41) is 14.1. The van der Waals surface area contributed by atoms with Gasteiger partial charge in [-0.3, -0.25) is 0 Å². The number of nitrogens with zero attached hydrogens (tertiary/aromatic N) is 5. The van der Waals surface area contributed by atoms with E-state index in [1.54, 1.807) is 25.2 Å². The summed E-state index contributed by atoms with van der Waals surface area (Å²) in [6, 6.07) is 9.40. The van der Waals surface area contributed by atoms with Gasteiger partial charge in [0.25, 0.3) is 0 Å². The fraction of sp³-hybridized carbons (Fsp3) is 0.176. The SMILES string of the molecule is Cc1ccc(NC(=O)N(C)Cc2c(F)cccc2Cl)cc1-n1cnnn1. The van der Waals surface area contributed by atoms with Crippen molar-refractivity contribution in [2.75, 3.05) is 12.4 Å². The lowest BCUT2D eigenvalue weighted by atomic mass is 10.2. The molecule has 0 fully saturated rings. The molecular weight excluding hydrogens is 359 g/mol. The number of benzene rings is 2. The third-order valence-electron chi connectivity index (χ3n) is 3.86. The molecule has 3 rings (SSSR count). The van der Waals surface area contributed by atoms with Crippen LogP contribution in [-0.2, 0) is 6.54 Å². The van der Waals surface area contributed by atoms with E-state index in [0.717, 1.165) is 11.3 Å². The molecule has 1 aromatic heterocycles. The first-order valence-electron chi connectivity index (χ1n) is 7.74. The Balaban J connectivity index is 1.74. The largest absolute Gasteiger partial charge is 0.323 e. The number of nitrogens with one attached hydrogen (secondary N) is 1. The molecule has 2 aromatic carbocycles. The molecular formula is C17H16ClFN6O. The predicted octanol–water partition coefficient (Wildman–Crippen LogP) is 3.43. The van der Waals surface area contributed by atoms with Crippen LogP contribution in [0.5, 0.6) is 0 Å². The normalized spacial score (nSPS) is 10.6. The molecule has 0 unspecified atom stereocenters. The molecule has 1 N–H and O–H groups in total. The Kier molecular flexibility index (Phi) is 5.13. The van der Waals surface area contributed by atoms with Crippen molar-refractivity contribution >= 4 is 23.3 Å². The highest BCUT2D eigenvalue weighted by Gasteiger charge is 2.15. The number of carbonyl (C=O) groups is 1. The lowest BCUT2D eigenvalue weighted by Gasteiger charge is -2.19. The van der Waals surface area contributed by atoms with Gasteiger partial charge in [-0.15, -0.1) is 5.10 Å². The van der Waals surface area contributed by atoms with Crippen LogP contribution in [0.15, 0.2) is 42.7 Å². The Morgan fingerprint density at radius 1 is 1.35 bits per heavy atom. The second kappa shape index (κ2) is 7.49. The first kappa shape index (κ1) is 17.8. The number of rotatable bonds is 4. The summed E-state index contributed by atoms with van der Waals surface area (Å²) < 4.78 is 15.4. The first-order valence-corrected chi connectivity index (χ1v) is 8.12. The summed E-state index contributed by atoms with van der Waals surface area (Å²) in [7, 11) is 1.56. The predicted molar refractivity (Wildman–Crippen MR) is 95.8 cm³/mol. The lowest BCUT2D eigenvalue weighted by Crippen LogP contribution is -2.31. The highest BCUT2D eigenvalue weighted by atomic mass is 35.5. The highest BCUT2D eigenvalue weighted by molar-refractivity contribution is 6.31. The minimum Gasteiger partial charge on any atom is -0.323 e. The smallest absolute Gasteiger partial charge is 0.321 e. The molecule has 0 aliphatic heterocycles. The minimum absolute atomic E-state index is 0.0447. The zero-order chi connectivity index (χ0) is 18.7. The van der Waals surface area contributed by atoms with Gasteiger partial charge in [0.2, 0.25) is 0 Å². The van der Waals surface area contributed by atoms with Crippen molar-refractivity contribution in [3.63, 3.8) is 0 Å². The van der Waals surface area contributed by atoms with E-state index in [9.17, 15) is 9.18 Å². The van der Waals surface area contributed by atoms with Gasteiger partial charge in [0.1, 0.15) is 12.1 Å². The maximum absolute atomic E-state index is 13.9. The van der Waals surface area contributed by atoms with E-state index >= 15 is 0 Å². The number of urea groups is 1. The maximum Gasteiger partial charge on any atom is 0.321 e. The van der Waals surface area contributed by atoms with Crippen LogP contribution in [-0.4, -0.2) is 38.2 Å². The van der Waals surface area contributed by atoms with Crippen LogP contribution in [0, 0.1) is 12.7 Å².